The Morgan fingerprint density at radius 2 is 1.86 bits per heavy atom. The Kier molecular flexibility index (Phi) is 15.6. The van der Waals surface area contributed by atoms with Gasteiger partial charge in [-0.1, -0.05) is 55.5 Å². The molecule has 0 aromatic heterocycles. The van der Waals surface area contributed by atoms with Crippen LogP contribution in [0.2, 0.25) is 0 Å². The maximum atomic E-state index is 11.9. The van der Waals surface area contributed by atoms with Gasteiger partial charge in [-0.2, -0.15) is 0 Å². The van der Waals surface area contributed by atoms with Crippen LogP contribution in [0, 0.1) is 0 Å². The Hall–Kier alpha value is -2.17. The molecule has 0 spiro atoms. The molecule has 0 aliphatic heterocycles. The number of methoxy groups -OCH3 is 1. The van der Waals surface area contributed by atoms with Crippen LogP contribution in [-0.4, -0.2) is 51.1 Å². The topological polar surface area (TPSA) is 38.8 Å². The predicted molar refractivity (Wildman–Crippen MR) is 119 cm³/mol. The lowest BCUT2D eigenvalue weighted by atomic mass is 10.0. The van der Waals surface area contributed by atoms with Crippen molar-refractivity contribution in [3.05, 3.63) is 71.6 Å². The zero-order chi connectivity index (χ0) is 21.2. The Labute approximate surface area is 171 Å². The van der Waals surface area contributed by atoms with E-state index in [2.05, 4.69) is 18.0 Å². The van der Waals surface area contributed by atoms with Crippen LogP contribution in [0.25, 0.3) is 0 Å². The average molecular weight is 388 g/mol. The number of rotatable bonds is 14. The third-order valence-electron chi connectivity index (χ3n) is 3.96. The second-order valence-electron chi connectivity index (χ2n) is 6.39. The first kappa shape index (κ1) is 25.8. The van der Waals surface area contributed by atoms with Crippen LogP contribution in [0.15, 0.2) is 71.6 Å². The number of carbonyl (C=O) groups is 1. The molecule has 0 atom stereocenters. The first-order chi connectivity index (χ1) is 13.5. The highest BCUT2D eigenvalue weighted by Crippen LogP contribution is 2.16. The fourth-order valence-corrected chi connectivity index (χ4v) is 2.36. The zero-order valence-corrected chi connectivity index (χ0v) is 18.4. The summed E-state index contributed by atoms with van der Waals surface area (Å²) in [5.74, 6) is 0.0412. The Morgan fingerprint density at radius 1 is 1.11 bits per heavy atom. The predicted octanol–water partition coefficient (Wildman–Crippen LogP) is 5.03. The molecule has 4 nitrogen and oxygen atoms in total. The van der Waals surface area contributed by atoms with Crippen molar-refractivity contribution in [2.24, 2.45) is 0 Å². The van der Waals surface area contributed by atoms with Gasteiger partial charge in [0.1, 0.15) is 6.61 Å². The normalized spacial score (nSPS) is 14.2. The summed E-state index contributed by atoms with van der Waals surface area (Å²) < 4.78 is 10.9. The van der Waals surface area contributed by atoms with E-state index in [1.165, 1.54) is 0 Å². The molecule has 156 valence electrons. The lowest BCUT2D eigenvalue weighted by Gasteiger charge is -2.12. The van der Waals surface area contributed by atoms with E-state index in [1.54, 1.807) is 20.3 Å². The fourth-order valence-electron chi connectivity index (χ4n) is 2.36. The smallest absolute Gasteiger partial charge is 0.160 e. The van der Waals surface area contributed by atoms with Crippen molar-refractivity contribution >= 4 is 5.78 Å². The number of ketones is 1. The summed E-state index contributed by atoms with van der Waals surface area (Å²) in [6, 6.07) is 0. The standard InChI is InChI=1S/C24H37NO3/c1-7-10-15-24(21(4)26)23(9-3)20-28-19-22(13-8-2)14-11-12-16-25(5)17-18-27-6/h7-8,10-15,20H,9,16-19H2,1-6H3/b10-7-,12-11+,13-8-,22-14+,23-20+,24-15-. The highest BCUT2D eigenvalue weighted by molar-refractivity contribution is 5.97. The molecule has 0 fully saturated rings. The number of nitrogens with zero attached hydrogens (tertiary/aromatic N) is 1. The van der Waals surface area contributed by atoms with Crippen molar-refractivity contribution in [3.63, 3.8) is 0 Å². The van der Waals surface area contributed by atoms with E-state index in [1.807, 2.05) is 63.3 Å². The Balaban J connectivity index is 4.96. The van der Waals surface area contributed by atoms with Gasteiger partial charge in [0.05, 0.1) is 12.9 Å². The maximum absolute atomic E-state index is 11.9. The monoisotopic (exact) mass is 387 g/mol. The molecule has 0 N–H and O–H groups in total. The van der Waals surface area contributed by atoms with Gasteiger partial charge >= 0.3 is 0 Å². The van der Waals surface area contributed by atoms with E-state index in [-0.39, 0.29) is 5.78 Å². The molecular weight excluding hydrogens is 350 g/mol. The molecule has 0 aliphatic rings. The van der Waals surface area contributed by atoms with E-state index < -0.39 is 0 Å². The van der Waals surface area contributed by atoms with Gasteiger partial charge in [0.15, 0.2) is 5.78 Å². The van der Waals surface area contributed by atoms with Gasteiger partial charge in [0, 0.05) is 25.8 Å². The van der Waals surface area contributed by atoms with Crippen molar-refractivity contribution in [1.82, 2.24) is 4.90 Å². The van der Waals surface area contributed by atoms with Crippen LogP contribution in [-0.2, 0) is 14.3 Å². The zero-order valence-electron chi connectivity index (χ0n) is 18.4. The number of ether oxygens (including phenoxy) is 2. The van der Waals surface area contributed by atoms with Crippen LogP contribution in [0.1, 0.15) is 34.1 Å². The van der Waals surface area contributed by atoms with Crippen molar-refractivity contribution in [1.29, 1.82) is 0 Å². The Bertz CT molecular complexity index is 622. The molecule has 0 aromatic rings. The van der Waals surface area contributed by atoms with Crippen LogP contribution in [0.5, 0.6) is 0 Å². The Morgan fingerprint density at radius 3 is 2.43 bits per heavy atom. The fraction of sp³-hybridized carbons (Fsp3) is 0.458. The molecule has 0 heterocycles. The third-order valence-corrected chi connectivity index (χ3v) is 3.96. The van der Waals surface area contributed by atoms with Gasteiger partial charge in [0.2, 0.25) is 0 Å². The average Bonchev–Trinajstić information content (AvgIpc) is 2.67. The minimum Gasteiger partial charge on any atom is -0.496 e. The van der Waals surface area contributed by atoms with E-state index in [9.17, 15) is 4.79 Å². The maximum Gasteiger partial charge on any atom is 0.160 e. The third kappa shape index (κ3) is 12.3. The van der Waals surface area contributed by atoms with E-state index in [0.29, 0.717) is 12.2 Å². The summed E-state index contributed by atoms with van der Waals surface area (Å²) in [6.07, 6.45) is 18.3. The quantitative estimate of drug-likeness (QED) is 0.238. The number of Topliss-reactive ketones (excluding diaryl/α,β-unsaturated/α-hetero) is 1. The molecule has 0 saturated heterocycles. The number of allylic oxidation sites excluding steroid dienone is 8. The molecule has 0 radical (unpaired) electrons. The second-order valence-corrected chi connectivity index (χ2v) is 6.39. The van der Waals surface area contributed by atoms with Crippen molar-refractivity contribution in [3.8, 4) is 0 Å². The summed E-state index contributed by atoms with van der Waals surface area (Å²) in [6.45, 7) is 10.5. The van der Waals surface area contributed by atoms with E-state index in [0.717, 1.165) is 37.3 Å². The summed E-state index contributed by atoms with van der Waals surface area (Å²) in [5.41, 5.74) is 2.66. The minimum absolute atomic E-state index is 0.0412. The summed E-state index contributed by atoms with van der Waals surface area (Å²) in [5, 5.41) is 0. The molecule has 0 unspecified atom stereocenters. The number of hydrogen-bond acceptors (Lipinski definition) is 4. The summed E-state index contributed by atoms with van der Waals surface area (Å²) in [7, 11) is 3.78. The minimum atomic E-state index is 0.0412. The van der Waals surface area contributed by atoms with Gasteiger partial charge in [-0.15, -0.1) is 0 Å². The van der Waals surface area contributed by atoms with Crippen LogP contribution < -0.4 is 0 Å². The van der Waals surface area contributed by atoms with Gasteiger partial charge in [-0.05, 0) is 45.4 Å². The SMILES string of the molecule is C\C=C/C=C(C(C)=O)\C(=C\OCC(/C=C\C)=C/C=C/CN(C)CCOC)CC. The van der Waals surface area contributed by atoms with Gasteiger partial charge < -0.3 is 14.4 Å². The first-order valence-electron chi connectivity index (χ1n) is 9.80. The first-order valence-corrected chi connectivity index (χ1v) is 9.80. The van der Waals surface area contributed by atoms with Crippen molar-refractivity contribution in [2.45, 2.75) is 34.1 Å². The van der Waals surface area contributed by atoms with Gasteiger partial charge in [-0.25, -0.2) is 0 Å². The van der Waals surface area contributed by atoms with E-state index in [4.69, 9.17) is 9.47 Å². The van der Waals surface area contributed by atoms with Gasteiger partial charge in [-0.3, -0.25) is 4.79 Å². The van der Waals surface area contributed by atoms with E-state index >= 15 is 0 Å². The molecule has 0 aliphatic carbocycles. The molecule has 0 amide bonds. The lowest BCUT2D eigenvalue weighted by molar-refractivity contribution is -0.113. The van der Waals surface area contributed by atoms with Crippen molar-refractivity contribution < 1.29 is 14.3 Å². The molecule has 4 heteroatoms. The molecule has 0 aromatic carbocycles. The second kappa shape index (κ2) is 17.0. The summed E-state index contributed by atoms with van der Waals surface area (Å²) >= 11 is 0. The van der Waals surface area contributed by atoms with Crippen molar-refractivity contribution in [2.75, 3.05) is 40.5 Å². The summed E-state index contributed by atoms with van der Waals surface area (Å²) in [4.78, 5) is 14.1. The number of carbonyl (C=O) groups excluding carboxylic acids is 1. The molecule has 28 heavy (non-hydrogen) atoms. The lowest BCUT2D eigenvalue weighted by Crippen LogP contribution is -2.22. The van der Waals surface area contributed by atoms with Gasteiger partial charge in [0.25, 0.3) is 0 Å². The van der Waals surface area contributed by atoms with Crippen LogP contribution in [0.3, 0.4) is 0 Å². The van der Waals surface area contributed by atoms with Crippen LogP contribution >= 0.6 is 0 Å². The molecule has 0 rings (SSSR count). The highest BCUT2D eigenvalue weighted by atomic mass is 16.5. The largest absolute Gasteiger partial charge is 0.496 e. The number of likely N-dealkylation sites (N-methyl/N-ethyl adjacent to an activating group) is 1. The molecule has 0 saturated carbocycles. The molecule has 0 bridgehead atoms. The van der Waals surface area contributed by atoms with Crippen LogP contribution in [0.4, 0.5) is 0 Å². The number of hydrogen-bond donors (Lipinski definition) is 0. The molecular formula is C24H37NO3. The highest BCUT2D eigenvalue weighted by Gasteiger charge is 2.08.